The fraction of sp³-hybridized carbons (Fsp3) is 0.300. The highest BCUT2D eigenvalue weighted by Crippen LogP contribution is 2.29. The summed E-state index contributed by atoms with van der Waals surface area (Å²) in [5, 5.41) is 3.85. The van der Waals surface area contributed by atoms with Crippen LogP contribution in [0, 0.1) is 13.8 Å². The minimum absolute atomic E-state index is 0.124. The molecule has 0 radical (unpaired) electrons. The molecule has 1 saturated heterocycles. The highest BCUT2D eigenvalue weighted by Gasteiger charge is 2.33. The average Bonchev–Trinajstić information content (AvgIpc) is 2.63. The summed E-state index contributed by atoms with van der Waals surface area (Å²) in [7, 11) is 0. The number of rotatable bonds is 3. The summed E-state index contributed by atoms with van der Waals surface area (Å²) in [4.78, 5) is 26.3. The van der Waals surface area contributed by atoms with Crippen LogP contribution in [0.3, 0.4) is 0 Å². The van der Waals surface area contributed by atoms with Crippen LogP contribution in [0.4, 0.5) is 19.1 Å². The van der Waals surface area contributed by atoms with Gasteiger partial charge in [0, 0.05) is 42.1 Å². The van der Waals surface area contributed by atoms with Crippen LogP contribution < -0.4 is 10.2 Å². The van der Waals surface area contributed by atoms with Crippen LogP contribution in [0.25, 0.3) is 10.9 Å². The standard InChI is InChI=1S/C20H18F3N5O/c1-11-5-12(2)26-17-4-3-13(6-16(11)17)18(29)27-15-9-28(10-15)19-24-7-14(8-25-19)20(21,22)23/h3-8,15H,9-10H2,1-2H3,(H,27,29). The van der Waals surface area contributed by atoms with Crippen LogP contribution in [0.1, 0.15) is 27.2 Å². The predicted molar refractivity (Wildman–Crippen MR) is 102 cm³/mol. The van der Waals surface area contributed by atoms with Gasteiger partial charge in [-0.05, 0) is 43.7 Å². The summed E-state index contributed by atoms with van der Waals surface area (Å²) in [5.74, 6) is 0.0103. The van der Waals surface area contributed by atoms with Gasteiger partial charge in [0.15, 0.2) is 0 Å². The number of alkyl halides is 3. The zero-order valence-electron chi connectivity index (χ0n) is 15.8. The second-order valence-corrected chi connectivity index (χ2v) is 7.16. The second-order valence-electron chi connectivity index (χ2n) is 7.16. The van der Waals surface area contributed by atoms with Gasteiger partial charge in [0.05, 0.1) is 17.1 Å². The van der Waals surface area contributed by atoms with E-state index in [4.69, 9.17) is 0 Å². The topological polar surface area (TPSA) is 71.0 Å². The van der Waals surface area contributed by atoms with Crippen molar-refractivity contribution in [1.29, 1.82) is 0 Å². The number of aromatic nitrogens is 3. The van der Waals surface area contributed by atoms with Gasteiger partial charge < -0.3 is 10.2 Å². The number of carbonyl (C=O) groups is 1. The van der Waals surface area contributed by atoms with E-state index in [0.717, 1.165) is 34.6 Å². The zero-order chi connectivity index (χ0) is 20.8. The number of benzene rings is 1. The number of amides is 1. The molecule has 150 valence electrons. The molecule has 9 heteroatoms. The number of fused-ring (bicyclic) bond motifs is 1. The fourth-order valence-electron chi connectivity index (χ4n) is 3.34. The molecule has 1 fully saturated rings. The number of halogens is 3. The minimum atomic E-state index is -4.46. The number of nitrogens with one attached hydrogen (secondary N) is 1. The average molecular weight is 401 g/mol. The Morgan fingerprint density at radius 2 is 1.83 bits per heavy atom. The van der Waals surface area contributed by atoms with E-state index in [-0.39, 0.29) is 17.9 Å². The van der Waals surface area contributed by atoms with E-state index in [1.807, 2.05) is 32.0 Å². The summed E-state index contributed by atoms with van der Waals surface area (Å²) >= 11 is 0. The summed E-state index contributed by atoms with van der Waals surface area (Å²) in [6.07, 6.45) is -2.93. The first kappa shape index (κ1) is 19.1. The molecular formula is C20H18F3N5O. The van der Waals surface area contributed by atoms with Crippen molar-refractivity contribution in [2.45, 2.75) is 26.1 Å². The van der Waals surface area contributed by atoms with E-state index < -0.39 is 11.7 Å². The van der Waals surface area contributed by atoms with Gasteiger partial charge >= 0.3 is 6.18 Å². The van der Waals surface area contributed by atoms with Gasteiger partial charge in [0.1, 0.15) is 0 Å². The minimum Gasteiger partial charge on any atom is -0.346 e. The van der Waals surface area contributed by atoms with Crippen molar-refractivity contribution in [2.24, 2.45) is 0 Å². The third-order valence-electron chi connectivity index (χ3n) is 4.87. The quantitative estimate of drug-likeness (QED) is 0.729. The molecule has 0 aliphatic carbocycles. The Morgan fingerprint density at radius 3 is 2.48 bits per heavy atom. The van der Waals surface area contributed by atoms with Gasteiger partial charge in [-0.1, -0.05) is 0 Å². The van der Waals surface area contributed by atoms with Crippen LogP contribution in [-0.4, -0.2) is 40.0 Å². The lowest BCUT2D eigenvalue weighted by Gasteiger charge is -2.39. The maximum atomic E-state index is 12.6. The maximum absolute atomic E-state index is 12.6. The van der Waals surface area contributed by atoms with E-state index in [1.165, 1.54) is 0 Å². The van der Waals surface area contributed by atoms with Crippen molar-refractivity contribution in [2.75, 3.05) is 18.0 Å². The molecule has 1 aliphatic rings. The fourth-order valence-corrected chi connectivity index (χ4v) is 3.34. The van der Waals surface area contributed by atoms with E-state index in [1.54, 1.807) is 11.0 Å². The molecule has 0 unspecified atom stereocenters. The van der Waals surface area contributed by atoms with Crippen LogP contribution in [-0.2, 0) is 6.18 Å². The Kier molecular flexibility index (Phi) is 4.60. The van der Waals surface area contributed by atoms with Crippen molar-refractivity contribution in [1.82, 2.24) is 20.3 Å². The molecule has 29 heavy (non-hydrogen) atoms. The van der Waals surface area contributed by atoms with Gasteiger partial charge in [0.2, 0.25) is 5.95 Å². The van der Waals surface area contributed by atoms with Crippen molar-refractivity contribution < 1.29 is 18.0 Å². The summed E-state index contributed by atoms with van der Waals surface area (Å²) in [6, 6.07) is 7.23. The van der Waals surface area contributed by atoms with Gasteiger partial charge in [-0.25, -0.2) is 9.97 Å². The number of anilines is 1. The predicted octanol–water partition coefficient (Wildman–Crippen LogP) is 3.28. The molecule has 0 saturated carbocycles. The van der Waals surface area contributed by atoms with Gasteiger partial charge in [-0.3, -0.25) is 9.78 Å². The molecular weight excluding hydrogens is 383 g/mol. The largest absolute Gasteiger partial charge is 0.419 e. The molecule has 2 aromatic heterocycles. The third-order valence-corrected chi connectivity index (χ3v) is 4.87. The van der Waals surface area contributed by atoms with E-state index in [2.05, 4.69) is 20.3 Å². The highest BCUT2D eigenvalue weighted by molar-refractivity contribution is 5.98. The second kappa shape index (κ2) is 6.98. The molecule has 0 spiro atoms. The number of pyridine rings is 1. The number of hydrogen-bond acceptors (Lipinski definition) is 5. The van der Waals surface area contributed by atoms with Crippen LogP contribution in [0.5, 0.6) is 0 Å². The van der Waals surface area contributed by atoms with E-state index in [0.29, 0.717) is 18.7 Å². The lowest BCUT2D eigenvalue weighted by atomic mass is 10.0. The van der Waals surface area contributed by atoms with Gasteiger partial charge in [-0.15, -0.1) is 0 Å². The number of hydrogen-bond donors (Lipinski definition) is 1. The molecule has 3 heterocycles. The van der Waals surface area contributed by atoms with Crippen LogP contribution >= 0.6 is 0 Å². The number of aryl methyl sites for hydroxylation is 2. The zero-order valence-corrected chi connectivity index (χ0v) is 15.8. The monoisotopic (exact) mass is 401 g/mol. The van der Waals surface area contributed by atoms with Crippen molar-refractivity contribution in [3.05, 3.63) is 59.0 Å². The normalized spacial score (nSPS) is 14.7. The van der Waals surface area contributed by atoms with Gasteiger partial charge in [-0.2, -0.15) is 13.2 Å². The summed E-state index contributed by atoms with van der Waals surface area (Å²) in [5.41, 5.74) is 2.47. The van der Waals surface area contributed by atoms with Crippen molar-refractivity contribution in [3.8, 4) is 0 Å². The summed E-state index contributed by atoms with van der Waals surface area (Å²) in [6.45, 7) is 4.78. The Bertz CT molecular complexity index is 1080. The molecule has 1 aliphatic heterocycles. The van der Waals surface area contributed by atoms with Crippen LogP contribution in [0.15, 0.2) is 36.7 Å². The molecule has 6 nitrogen and oxygen atoms in total. The maximum Gasteiger partial charge on any atom is 0.419 e. The smallest absolute Gasteiger partial charge is 0.346 e. The van der Waals surface area contributed by atoms with Gasteiger partial charge in [0.25, 0.3) is 5.91 Å². The molecule has 1 amide bonds. The Labute approximate surface area is 164 Å². The first-order valence-corrected chi connectivity index (χ1v) is 9.04. The first-order valence-electron chi connectivity index (χ1n) is 9.04. The third kappa shape index (κ3) is 3.85. The SMILES string of the molecule is Cc1cc(C)c2cc(C(=O)NC3CN(c4ncc(C(F)(F)F)cn4)C3)ccc2n1. The molecule has 3 aromatic rings. The van der Waals surface area contributed by atoms with Crippen LogP contribution in [0.2, 0.25) is 0 Å². The molecule has 1 aromatic carbocycles. The molecule has 1 N–H and O–H groups in total. The molecule has 0 bridgehead atoms. The Balaban J connectivity index is 1.39. The number of nitrogens with zero attached hydrogens (tertiary/aromatic N) is 4. The lowest BCUT2D eigenvalue weighted by molar-refractivity contribution is -0.138. The van der Waals surface area contributed by atoms with Crippen molar-refractivity contribution in [3.63, 3.8) is 0 Å². The molecule has 0 atom stereocenters. The lowest BCUT2D eigenvalue weighted by Crippen LogP contribution is -2.60. The van der Waals surface area contributed by atoms with Crippen molar-refractivity contribution >= 4 is 22.8 Å². The Morgan fingerprint density at radius 1 is 1.14 bits per heavy atom. The Hall–Kier alpha value is -3.23. The first-order chi connectivity index (χ1) is 13.7. The van der Waals surface area contributed by atoms with E-state index in [9.17, 15) is 18.0 Å². The highest BCUT2D eigenvalue weighted by atomic mass is 19.4. The number of carbonyl (C=O) groups excluding carboxylic acids is 1. The molecule has 4 rings (SSSR count). The summed E-state index contributed by atoms with van der Waals surface area (Å²) < 4.78 is 37.7. The van der Waals surface area contributed by atoms with E-state index >= 15 is 0 Å².